The normalized spacial score (nSPS) is 13.8. The summed E-state index contributed by atoms with van der Waals surface area (Å²) in [4.78, 5) is 34.8. The lowest BCUT2D eigenvalue weighted by atomic mass is 10.0. The molecule has 0 amide bonds. The van der Waals surface area contributed by atoms with Crippen LogP contribution in [0.2, 0.25) is 0 Å². The summed E-state index contributed by atoms with van der Waals surface area (Å²) in [5, 5.41) is 0. The Labute approximate surface area is 324 Å². The molecule has 3 N–H and O–H groups in total. The Morgan fingerprint density at radius 2 is 1.00 bits per heavy atom. The van der Waals surface area contributed by atoms with Gasteiger partial charge in [-0.15, -0.1) is 0 Å². The standard InChI is InChI=1S/C43H78NO8P/c1-3-5-7-9-11-13-15-17-19-20-22-23-25-27-29-31-33-35-42(45)49-39-41(40-51-53(47,48)50-38-37-44)52-43(46)36-34-32-30-28-26-24-21-18-16-14-12-10-8-6-4-2/h11,13,17,19,22-23,27,29,41H,3-10,12,14-16,18,20-21,24-26,28,30-40,44H2,1-2H3,(H,47,48)/b13-11-,19-17-,23-22-,29-27-/t41-/m1/s1. The molecule has 0 saturated carbocycles. The number of nitrogens with two attached hydrogens (primary N) is 1. The van der Waals surface area contributed by atoms with Crippen LogP contribution >= 0.6 is 7.82 Å². The minimum Gasteiger partial charge on any atom is -0.462 e. The van der Waals surface area contributed by atoms with Crippen molar-refractivity contribution in [1.29, 1.82) is 0 Å². The van der Waals surface area contributed by atoms with E-state index in [1.165, 1.54) is 96.3 Å². The van der Waals surface area contributed by atoms with Crippen LogP contribution in [0.1, 0.15) is 181 Å². The summed E-state index contributed by atoms with van der Waals surface area (Å²) in [6, 6.07) is 0. The van der Waals surface area contributed by atoms with E-state index in [0.29, 0.717) is 12.8 Å². The molecule has 0 fully saturated rings. The van der Waals surface area contributed by atoms with Crippen LogP contribution in [0.3, 0.4) is 0 Å². The minimum absolute atomic E-state index is 0.0459. The first-order chi connectivity index (χ1) is 25.8. The van der Waals surface area contributed by atoms with E-state index < -0.39 is 32.5 Å². The molecule has 53 heavy (non-hydrogen) atoms. The Balaban J connectivity index is 4.26. The molecule has 0 aliphatic rings. The number of esters is 2. The van der Waals surface area contributed by atoms with Crippen molar-refractivity contribution in [3.05, 3.63) is 48.6 Å². The topological polar surface area (TPSA) is 134 Å². The summed E-state index contributed by atoms with van der Waals surface area (Å²) in [5.74, 6) is -0.892. The van der Waals surface area contributed by atoms with E-state index in [1.54, 1.807) is 0 Å². The van der Waals surface area contributed by atoms with Crippen LogP contribution < -0.4 is 5.73 Å². The van der Waals surface area contributed by atoms with Gasteiger partial charge in [0.25, 0.3) is 0 Å². The number of ether oxygens (including phenoxy) is 2. The van der Waals surface area contributed by atoms with Crippen molar-refractivity contribution in [2.45, 2.75) is 187 Å². The average molecular weight is 768 g/mol. The second-order valence-corrected chi connectivity index (χ2v) is 15.3. The molecule has 0 heterocycles. The van der Waals surface area contributed by atoms with Crippen molar-refractivity contribution in [3.8, 4) is 0 Å². The van der Waals surface area contributed by atoms with Gasteiger partial charge < -0.3 is 20.1 Å². The van der Waals surface area contributed by atoms with Gasteiger partial charge in [0.2, 0.25) is 0 Å². The summed E-state index contributed by atoms with van der Waals surface area (Å²) in [6.07, 6.45) is 44.3. The van der Waals surface area contributed by atoms with E-state index in [-0.39, 0.29) is 32.6 Å². The fraction of sp³-hybridized carbons (Fsp3) is 0.767. The molecule has 0 aliphatic heterocycles. The molecule has 0 aliphatic carbocycles. The lowest BCUT2D eigenvalue weighted by molar-refractivity contribution is -0.161. The molecular formula is C43H78NO8P. The Kier molecular flexibility index (Phi) is 38.1. The van der Waals surface area contributed by atoms with Crippen LogP contribution in [0.5, 0.6) is 0 Å². The van der Waals surface area contributed by atoms with Gasteiger partial charge in [0.1, 0.15) is 6.61 Å². The average Bonchev–Trinajstić information content (AvgIpc) is 3.14. The molecule has 0 spiro atoms. The van der Waals surface area contributed by atoms with Gasteiger partial charge in [0, 0.05) is 19.4 Å². The van der Waals surface area contributed by atoms with Crippen molar-refractivity contribution < 1.29 is 37.6 Å². The summed E-state index contributed by atoms with van der Waals surface area (Å²) < 4.78 is 32.7. The molecule has 1 unspecified atom stereocenters. The SMILES string of the molecule is CCCCC/C=C\C/C=C\C/C=C\C/C=C\CCCC(=O)OC[C@H](COP(=O)(O)OCCN)OC(=O)CCCCCCCCCCCCCCCCC. The highest BCUT2D eigenvalue weighted by Gasteiger charge is 2.25. The Hall–Kier alpha value is -2.03. The van der Waals surface area contributed by atoms with Crippen LogP contribution in [0.15, 0.2) is 48.6 Å². The fourth-order valence-corrected chi connectivity index (χ4v) is 6.33. The lowest BCUT2D eigenvalue weighted by Gasteiger charge is -2.19. The number of hydrogen-bond donors (Lipinski definition) is 2. The van der Waals surface area contributed by atoms with E-state index >= 15 is 0 Å². The Bertz CT molecular complexity index is 1010. The summed E-state index contributed by atoms with van der Waals surface area (Å²) in [5.41, 5.74) is 5.34. The molecule has 0 saturated heterocycles. The number of carbonyl (C=O) groups is 2. The Morgan fingerprint density at radius 3 is 1.51 bits per heavy atom. The van der Waals surface area contributed by atoms with Crippen LogP contribution in [0.25, 0.3) is 0 Å². The van der Waals surface area contributed by atoms with Crippen molar-refractivity contribution in [3.63, 3.8) is 0 Å². The molecule has 0 aromatic rings. The van der Waals surface area contributed by atoms with Gasteiger partial charge in [-0.25, -0.2) is 4.57 Å². The third kappa shape index (κ3) is 39.5. The molecular weight excluding hydrogens is 689 g/mol. The van der Waals surface area contributed by atoms with Gasteiger partial charge in [-0.3, -0.25) is 18.6 Å². The van der Waals surface area contributed by atoms with Crippen LogP contribution in [-0.2, 0) is 32.7 Å². The molecule has 0 aromatic carbocycles. The fourth-order valence-electron chi connectivity index (χ4n) is 5.57. The highest BCUT2D eigenvalue weighted by atomic mass is 31.2. The highest BCUT2D eigenvalue weighted by molar-refractivity contribution is 7.47. The zero-order valence-electron chi connectivity index (χ0n) is 33.7. The highest BCUT2D eigenvalue weighted by Crippen LogP contribution is 2.43. The van der Waals surface area contributed by atoms with Crippen molar-refractivity contribution in [1.82, 2.24) is 0 Å². The molecule has 0 rings (SSSR count). The number of allylic oxidation sites excluding steroid dienone is 8. The maximum atomic E-state index is 12.6. The molecule has 9 nitrogen and oxygen atoms in total. The molecule has 308 valence electrons. The van der Waals surface area contributed by atoms with Gasteiger partial charge >= 0.3 is 19.8 Å². The van der Waals surface area contributed by atoms with Crippen LogP contribution in [-0.4, -0.2) is 49.3 Å². The first kappa shape index (κ1) is 51.0. The van der Waals surface area contributed by atoms with Crippen molar-refractivity contribution in [2.24, 2.45) is 5.73 Å². The van der Waals surface area contributed by atoms with Crippen LogP contribution in [0.4, 0.5) is 0 Å². The quantitative estimate of drug-likeness (QED) is 0.0271. The maximum absolute atomic E-state index is 12.6. The van der Waals surface area contributed by atoms with Gasteiger partial charge in [-0.05, 0) is 51.4 Å². The number of rotatable bonds is 39. The molecule has 0 aromatic heterocycles. The zero-order valence-corrected chi connectivity index (χ0v) is 34.6. The summed E-state index contributed by atoms with van der Waals surface area (Å²) in [6.45, 7) is 3.64. The number of unbranched alkanes of at least 4 members (excludes halogenated alkanes) is 18. The molecule has 0 bridgehead atoms. The largest absolute Gasteiger partial charge is 0.472 e. The second-order valence-electron chi connectivity index (χ2n) is 13.9. The van der Waals surface area contributed by atoms with E-state index in [9.17, 15) is 19.0 Å². The minimum atomic E-state index is -4.39. The first-order valence-electron chi connectivity index (χ1n) is 21.1. The predicted octanol–water partition coefficient (Wildman–Crippen LogP) is 11.9. The van der Waals surface area contributed by atoms with E-state index in [1.807, 2.05) is 6.08 Å². The molecule has 0 radical (unpaired) electrons. The smallest absolute Gasteiger partial charge is 0.462 e. The van der Waals surface area contributed by atoms with E-state index in [4.69, 9.17) is 24.3 Å². The molecule has 10 heteroatoms. The van der Waals surface area contributed by atoms with Gasteiger partial charge in [-0.2, -0.15) is 0 Å². The Morgan fingerprint density at radius 1 is 0.566 bits per heavy atom. The predicted molar refractivity (Wildman–Crippen MR) is 220 cm³/mol. The number of phosphoric ester groups is 1. The molecule has 2 atom stereocenters. The third-order valence-corrected chi connectivity index (χ3v) is 9.70. The second kappa shape index (κ2) is 39.7. The summed E-state index contributed by atoms with van der Waals surface area (Å²) in [7, 11) is -4.39. The first-order valence-corrected chi connectivity index (χ1v) is 22.6. The number of hydrogen-bond acceptors (Lipinski definition) is 8. The number of carbonyl (C=O) groups excluding carboxylic acids is 2. The van der Waals surface area contributed by atoms with Crippen molar-refractivity contribution >= 4 is 19.8 Å². The van der Waals surface area contributed by atoms with Gasteiger partial charge in [0.15, 0.2) is 6.10 Å². The zero-order chi connectivity index (χ0) is 38.9. The lowest BCUT2D eigenvalue weighted by Crippen LogP contribution is -2.29. The third-order valence-electron chi connectivity index (χ3n) is 8.72. The summed E-state index contributed by atoms with van der Waals surface area (Å²) >= 11 is 0. The van der Waals surface area contributed by atoms with Gasteiger partial charge in [-0.1, -0.05) is 165 Å². The van der Waals surface area contributed by atoms with E-state index in [0.717, 1.165) is 44.9 Å². The van der Waals surface area contributed by atoms with E-state index in [2.05, 4.69) is 56.4 Å². The maximum Gasteiger partial charge on any atom is 0.472 e. The van der Waals surface area contributed by atoms with Crippen molar-refractivity contribution in [2.75, 3.05) is 26.4 Å². The van der Waals surface area contributed by atoms with Crippen LogP contribution in [0, 0.1) is 0 Å². The van der Waals surface area contributed by atoms with Gasteiger partial charge in [0.05, 0.1) is 13.2 Å². The number of phosphoric acid groups is 1. The monoisotopic (exact) mass is 768 g/mol.